The molecule has 0 aromatic heterocycles. The fraction of sp³-hybridized carbons (Fsp3) is 0.267. The van der Waals surface area contributed by atoms with Crippen LogP contribution in [0, 0.1) is 11.3 Å². The van der Waals surface area contributed by atoms with Crippen molar-refractivity contribution in [3.05, 3.63) is 58.8 Å². The molecule has 2 atom stereocenters. The number of nitrogens with zero attached hydrogens (tertiary/aromatic N) is 1. The zero-order valence-corrected chi connectivity index (χ0v) is 12.7. The molecule has 2 N–H and O–H groups in total. The second-order valence-corrected chi connectivity index (χ2v) is 6.35. The Labute approximate surface area is 125 Å². The molecule has 0 fully saturated rings. The smallest absolute Gasteiger partial charge is 0.159 e. The third-order valence-corrected chi connectivity index (χ3v) is 4.32. The van der Waals surface area contributed by atoms with Crippen molar-refractivity contribution in [2.24, 2.45) is 5.73 Å². The number of allylic oxidation sites excluding steroid dienone is 2. The minimum atomic E-state index is -0.915. The lowest BCUT2D eigenvalue weighted by Gasteiger charge is -2.36. The summed E-state index contributed by atoms with van der Waals surface area (Å²) < 4.78 is 18.9. The van der Waals surface area contributed by atoms with Crippen LogP contribution in [0.3, 0.4) is 0 Å². The van der Waals surface area contributed by atoms with Gasteiger partial charge in [-0.15, -0.1) is 0 Å². The Hall–Kier alpha value is -1.80. The summed E-state index contributed by atoms with van der Waals surface area (Å²) >= 11 is 3.48. The highest BCUT2D eigenvalue weighted by molar-refractivity contribution is 9.10. The molecule has 0 saturated heterocycles. The third kappa shape index (κ3) is 2.10. The first-order valence-corrected chi connectivity index (χ1v) is 6.82. The molecule has 1 aliphatic carbocycles. The van der Waals surface area contributed by atoms with E-state index in [0.717, 1.165) is 5.56 Å². The normalized spacial score (nSPS) is 26.4. The van der Waals surface area contributed by atoms with Gasteiger partial charge in [0, 0.05) is 0 Å². The summed E-state index contributed by atoms with van der Waals surface area (Å²) in [5, 5.41) is 9.38. The van der Waals surface area contributed by atoms with Crippen molar-refractivity contribution < 1.29 is 9.13 Å². The standard InChI is InChI=1S/C15H14BrFN2O/c1-15(16)10(8-18)14(20-2)13(19)12(17)11(15)9-6-4-3-5-7-9/h3-7,11H,19H2,1-2H3. The summed E-state index contributed by atoms with van der Waals surface area (Å²) in [6, 6.07) is 11.2. The highest BCUT2D eigenvalue weighted by atomic mass is 79.9. The first-order valence-electron chi connectivity index (χ1n) is 6.03. The van der Waals surface area contributed by atoms with Crippen LogP contribution in [0.2, 0.25) is 0 Å². The van der Waals surface area contributed by atoms with Crippen molar-refractivity contribution in [1.29, 1.82) is 5.26 Å². The molecule has 5 heteroatoms. The van der Waals surface area contributed by atoms with Gasteiger partial charge in [-0.25, -0.2) is 4.39 Å². The number of alkyl halides is 1. The SMILES string of the molecule is COC1=C(C#N)C(C)(Br)C(c2ccccc2)C(F)=C1N. The van der Waals surface area contributed by atoms with Crippen molar-refractivity contribution in [1.82, 2.24) is 0 Å². The largest absolute Gasteiger partial charge is 0.493 e. The summed E-state index contributed by atoms with van der Waals surface area (Å²) in [5.41, 5.74) is 6.71. The molecular weight excluding hydrogens is 323 g/mol. The van der Waals surface area contributed by atoms with E-state index in [1.54, 1.807) is 6.92 Å². The van der Waals surface area contributed by atoms with Gasteiger partial charge in [0.25, 0.3) is 0 Å². The molecule has 20 heavy (non-hydrogen) atoms. The fourth-order valence-electron chi connectivity index (χ4n) is 2.48. The number of nitriles is 1. The van der Waals surface area contributed by atoms with Crippen molar-refractivity contribution >= 4 is 15.9 Å². The number of halogens is 2. The number of benzene rings is 1. The van der Waals surface area contributed by atoms with Gasteiger partial charge >= 0.3 is 0 Å². The maximum absolute atomic E-state index is 14.7. The molecule has 2 rings (SSSR count). The molecule has 2 unspecified atom stereocenters. The number of rotatable bonds is 2. The topological polar surface area (TPSA) is 59.0 Å². The molecule has 3 nitrogen and oxygen atoms in total. The monoisotopic (exact) mass is 336 g/mol. The Morgan fingerprint density at radius 1 is 1.40 bits per heavy atom. The van der Waals surface area contributed by atoms with E-state index < -0.39 is 16.1 Å². The van der Waals surface area contributed by atoms with Gasteiger partial charge in [0.05, 0.1) is 22.9 Å². The number of hydrogen-bond donors (Lipinski definition) is 1. The van der Waals surface area contributed by atoms with Crippen molar-refractivity contribution in [3.63, 3.8) is 0 Å². The average Bonchev–Trinajstić information content (AvgIpc) is 2.43. The van der Waals surface area contributed by atoms with Crippen LogP contribution < -0.4 is 5.73 Å². The van der Waals surface area contributed by atoms with E-state index in [2.05, 4.69) is 22.0 Å². The molecular formula is C15H14BrFN2O. The molecule has 104 valence electrons. The Balaban J connectivity index is 2.69. The molecule has 0 spiro atoms. The second kappa shape index (κ2) is 5.29. The van der Waals surface area contributed by atoms with E-state index in [0.29, 0.717) is 0 Å². The fourth-order valence-corrected chi connectivity index (χ4v) is 3.21. The molecule has 0 heterocycles. The van der Waals surface area contributed by atoms with Crippen LogP contribution >= 0.6 is 15.9 Å². The van der Waals surface area contributed by atoms with E-state index in [-0.39, 0.29) is 17.0 Å². The summed E-state index contributed by atoms with van der Waals surface area (Å²) in [7, 11) is 1.37. The van der Waals surface area contributed by atoms with Crippen molar-refractivity contribution in [2.75, 3.05) is 7.11 Å². The number of methoxy groups -OCH3 is 1. The Morgan fingerprint density at radius 3 is 2.50 bits per heavy atom. The summed E-state index contributed by atoms with van der Waals surface area (Å²) in [4.78, 5) is 0. The van der Waals surface area contributed by atoms with Gasteiger partial charge < -0.3 is 10.5 Å². The van der Waals surface area contributed by atoms with Crippen molar-refractivity contribution in [3.8, 4) is 6.07 Å². The van der Waals surface area contributed by atoms with Crippen LogP contribution in [-0.4, -0.2) is 11.4 Å². The highest BCUT2D eigenvalue weighted by Crippen LogP contribution is 2.51. The lowest BCUT2D eigenvalue weighted by molar-refractivity contribution is 0.282. The molecule has 1 aliphatic rings. The number of ether oxygens (including phenoxy) is 1. The van der Waals surface area contributed by atoms with E-state index in [9.17, 15) is 9.65 Å². The second-order valence-electron chi connectivity index (χ2n) is 4.70. The van der Waals surface area contributed by atoms with Gasteiger partial charge in [-0.1, -0.05) is 46.3 Å². The molecule has 0 saturated carbocycles. The average molecular weight is 337 g/mol. The molecule has 1 aromatic carbocycles. The predicted molar refractivity (Wildman–Crippen MR) is 78.5 cm³/mol. The lowest BCUT2D eigenvalue weighted by Crippen LogP contribution is -2.35. The van der Waals surface area contributed by atoms with E-state index in [4.69, 9.17) is 10.5 Å². The number of nitrogens with two attached hydrogens (primary N) is 1. The third-order valence-electron chi connectivity index (χ3n) is 3.46. The predicted octanol–water partition coefficient (Wildman–Crippen LogP) is 3.50. The Morgan fingerprint density at radius 2 is 2.00 bits per heavy atom. The van der Waals surface area contributed by atoms with Crippen LogP contribution in [0.1, 0.15) is 18.4 Å². The summed E-state index contributed by atoms with van der Waals surface area (Å²) in [6.07, 6.45) is 0. The van der Waals surface area contributed by atoms with Gasteiger partial charge in [-0.05, 0) is 12.5 Å². The van der Waals surface area contributed by atoms with Gasteiger partial charge in [0.2, 0.25) is 0 Å². The molecule has 1 aromatic rings. The van der Waals surface area contributed by atoms with Gasteiger partial charge in [-0.3, -0.25) is 0 Å². The highest BCUT2D eigenvalue weighted by Gasteiger charge is 2.46. The van der Waals surface area contributed by atoms with E-state index in [1.807, 2.05) is 30.3 Å². The quantitative estimate of drug-likeness (QED) is 0.841. The van der Waals surface area contributed by atoms with Crippen LogP contribution in [0.4, 0.5) is 4.39 Å². The zero-order valence-electron chi connectivity index (χ0n) is 11.2. The summed E-state index contributed by atoms with van der Waals surface area (Å²) in [5.74, 6) is -1.07. The molecule has 0 radical (unpaired) electrons. The molecule has 0 amide bonds. The Bertz CT molecular complexity index is 629. The van der Waals surface area contributed by atoms with Crippen LogP contribution in [0.5, 0.6) is 0 Å². The Kier molecular flexibility index (Phi) is 3.87. The van der Waals surface area contributed by atoms with Gasteiger partial charge in [-0.2, -0.15) is 5.26 Å². The lowest BCUT2D eigenvalue weighted by atomic mass is 9.77. The zero-order chi connectivity index (χ0) is 14.9. The first-order chi connectivity index (χ1) is 9.45. The number of hydrogen-bond acceptors (Lipinski definition) is 3. The minimum absolute atomic E-state index is 0.0940. The van der Waals surface area contributed by atoms with E-state index >= 15 is 0 Å². The first kappa shape index (κ1) is 14.6. The maximum Gasteiger partial charge on any atom is 0.159 e. The van der Waals surface area contributed by atoms with Gasteiger partial charge in [0.1, 0.15) is 17.6 Å². The molecule has 0 aliphatic heterocycles. The van der Waals surface area contributed by atoms with Crippen LogP contribution in [0.15, 0.2) is 53.2 Å². The minimum Gasteiger partial charge on any atom is -0.493 e. The maximum atomic E-state index is 14.7. The van der Waals surface area contributed by atoms with Crippen molar-refractivity contribution in [2.45, 2.75) is 17.2 Å². The van der Waals surface area contributed by atoms with Crippen LogP contribution in [0.25, 0.3) is 0 Å². The molecule has 0 bridgehead atoms. The van der Waals surface area contributed by atoms with E-state index in [1.165, 1.54) is 7.11 Å². The summed E-state index contributed by atoms with van der Waals surface area (Å²) in [6.45, 7) is 1.74. The van der Waals surface area contributed by atoms with Gasteiger partial charge in [0.15, 0.2) is 5.76 Å². The van der Waals surface area contributed by atoms with Crippen LogP contribution in [-0.2, 0) is 4.74 Å².